The van der Waals surface area contributed by atoms with Crippen molar-refractivity contribution in [2.45, 2.75) is 25.9 Å². The summed E-state index contributed by atoms with van der Waals surface area (Å²) in [6.07, 6.45) is 1.06. The van der Waals surface area contributed by atoms with Gasteiger partial charge in [0.25, 0.3) is 0 Å². The summed E-state index contributed by atoms with van der Waals surface area (Å²) >= 11 is 3.42. The lowest BCUT2D eigenvalue weighted by molar-refractivity contribution is -0.152. The molecule has 1 aromatic carbocycles. The number of ether oxygens (including phenoxy) is 2. The number of halogens is 1. The van der Waals surface area contributed by atoms with Gasteiger partial charge >= 0.3 is 5.97 Å². The molecule has 0 bridgehead atoms. The van der Waals surface area contributed by atoms with Crippen molar-refractivity contribution in [2.24, 2.45) is 0 Å². The van der Waals surface area contributed by atoms with Gasteiger partial charge in [-0.3, -0.25) is 0 Å². The summed E-state index contributed by atoms with van der Waals surface area (Å²) in [6, 6.07) is 5.89. The second kappa shape index (κ2) is 4.87. The Morgan fingerprint density at radius 3 is 3.19 bits per heavy atom. The standard InChI is InChI=1S/C12H13BrO3/c1-2-15-12(14)10-7-6-8-4-3-5-9(13)11(8)16-10/h3-5,10H,2,6-7H2,1H3. The molecule has 0 N–H and O–H groups in total. The van der Waals surface area contributed by atoms with Crippen molar-refractivity contribution in [1.29, 1.82) is 0 Å². The lowest BCUT2D eigenvalue weighted by Gasteiger charge is -2.25. The van der Waals surface area contributed by atoms with E-state index in [-0.39, 0.29) is 5.97 Å². The quantitative estimate of drug-likeness (QED) is 0.784. The Morgan fingerprint density at radius 1 is 1.62 bits per heavy atom. The van der Waals surface area contributed by atoms with Crippen LogP contribution in [0.4, 0.5) is 0 Å². The molecular weight excluding hydrogens is 272 g/mol. The lowest BCUT2D eigenvalue weighted by atomic mass is 10.0. The Balaban J connectivity index is 2.17. The number of benzene rings is 1. The van der Waals surface area contributed by atoms with Gasteiger partial charge in [-0.2, -0.15) is 0 Å². The first-order chi connectivity index (χ1) is 7.72. The van der Waals surface area contributed by atoms with Crippen LogP contribution >= 0.6 is 15.9 Å². The minimum absolute atomic E-state index is 0.274. The van der Waals surface area contributed by atoms with E-state index in [1.54, 1.807) is 6.92 Å². The van der Waals surface area contributed by atoms with Gasteiger partial charge in [0, 0.05) is 0 Å². The highest BCUT2D eigenvalue weighted by molar-refractivity contribution is 9.10. The zero-order chi connectivity index (χ0) is 11.5. The predicted octanol–water partition coefficient (Wildman–Crippen LogP) is 2.71. The first-order valence-electron chi connectivity index (χ1n) is 5.33. The van der Waals surface area contributed by atoms with E-state index in [9.17, 15) is 4.79 Å². The molecule has 1 heterocycles. The van der Waals surface area contributed by atoms with E-state index in [0.29, 0.717) is 13.0 Å². The maximum Gasteiger partial charge on any atom is 0.347 e. The van der Waals surface area contributed by atoms with Crippen molar-refractivity contribution < 1.29 is 14.3 Å². The molecule has 4 heteroatoms. The minimum Gasteiger partial charge on any atom is -0.477 e. The van der Waals surface area contributed by atoms with Crippen molar-refractivity contribution in [1.82, 2.24) is 0 Å². The minimum atomic E-state index is -0.467. The van der Waals surface area contributed by atoms with E-state index >= 15 is 0 Å². The van der Waals surface area contributed by atoms with E-state index in [2.05, 4.69) is 15.9 Å². The number of rotatable bonds is 2. The predicted molar refractivity (Wildman–Crippen MR) is 63.5 cm³/mol. The van der Waals surface area contributed by atoms with Gasteiger partial charge in [0.2, 0.25) is 0 Å². The van der Waals surface area contributed by atoms with Crippen molar-refractivity contribution >= 4 is 21.9 Å². The fourth-order valence-corrected chi connectivity index (χ4v) is 2.27. The second-order valence-electron chi connectivity index (χ2n) is 3.63. The molecule has 0 radical (unpaired) electrons. The highest BCUT2D eigenvalue weighted by Gasteiger charge is 2.28. The van der Waals surface area contributed by atoms with Crippen LogP contribution in [0, 0.1) is 0 Å². The fourth-order valence-electron chi connectivity index (χ4n) is 1.77. The molecule has 0 fully saturated rings. The summed E-state index contributed by atoms with van der Waals surface area (Å²) in [6.45, 7) is 2.19. The summed E-state index contributed by atoms with van der Waals surface area (Å²) in [5.74, 6) is 0.496. The Bertz CT molecular complexity index is 403. The second-order valence-corrected chi connectivity index (χ2v) is 4.48. The molecule has 1 aliphatic heterocycles. The summed E-state index contributed by atoms with van der Waals surface area (Å²) in [5, 5.41) is 0. The largest absolute Gasteiger partial charge is 0.477 e. The average molecular weight is 285 g/mol. The Hall–Kier alpha value is -1.03. The van der Waals surface area contributed by atoms with E-state index in [4.69, 9.17) is 9.47 Å². The Kier molecular flexibility index (Phi) is 3.49. The lowest BCUT2D eigenvalue weighted by Crippen LogP contribution is -2.33. The normalized spacial score (nSPS) is 18.5. The molecule has 3 nitrogen and oxygen atoms in total. The van der Waals surface area contributed by atoms with Gasteiger partial charge < -0.3 is 9.47 Å². The van der Waals surface area contributed by atoms with Crippen LogP contribution in [0.15, 0.2) is 22.7 Å². The van der Waals surface area contributed by atoms with E-state index < -0.39 is 6.10 Å². The van der Waals surface area contributed by atoms with Gasteiger partial charge in [0.15, 0.2) is 6.10 Å². The summed E-state index contributed by atoms with van der Waals surface area (Å²) in [5.41, 5.74) is 1.13. The third-order valence-corrected chi connectivity index (χ3v) is 3.16. The molecule has 1 aliphatic rings. The van der Waals surface area contributed by atoms with Crippen LogP contribution in [0.1, 0.15) is 18.9 Å². The molecule has 0 amide bonds. The molecule has 0 saturated carbocycles. The van der Waals surface area contributed by atoms with Crippen LogP contribution in [0.25, 0.3) is 0 Å². The van der Waals surface area contributed by atoms with E-state index in [1.165, 1.54) is 0 Å². The topological polar surface area (TPSA) is 35.5 Å². The molecule has 0 aromatic heterocycles. The zero-order valence-electron chi connectivity index (χ0n) is 9.03. The van der Waals surface area contributed by atoms with E-state index in [1.807, 2.05) is 18.2 Å². The van der Waals surface area contributed by atoms with Crippen molar-refractivity contribution in [3.8, 4) is 5.75 Å². The number of fused-ring (bicyclic) bond motifs is 1. The van der Waals surface area contributed by atoms with Crippen LogP contribution in [0.5, 0.6) is 5.75 Å². The average Bonchev–Trinajstić information content (AvgIpc) is 2.29. The highest BCUT2D eigenvalue weighted by atomic mass is 79.9. The number of aryl methyl sites for hydroxylation is 1. The molecule has 1 unspecified atom stereocenters. The first-order valence-corrected chi connectivity index (χ1v) is 6.12. The van der Waals surface area contributed by atoms with Gasteiger partial charge in [0.05, 0.1) is 11.1 Å². The Morgan fingerprint density at radius 2 is 2.44 bits per heavy atom. The molecule has 1 atom stereocenters. The fraction of sp³-hybridized carbons (Fsp3) is 0.417. The molecule has 1 aromatic rings. The third-order valence-electron chi connectivity index (χ3n) is 2.53. The molecule has 0 spiro atoms. The molecule has 0 aliphatic carbocycles. The zero-order valence-corrected chi connectivity index (χ0v) is 10.6. The SMILES string of the molecule is CCOC(=O)C1CCc2cccc(Br)c2O1. The number of hydrogen-bond donors (Lipinski definition) is 0. The summed E-state index contributed by atoms with van der Waals surface area (Å²) in [7, 11) is 0. The van der Waals surface area contributed by atoms with Crippen molar-refractivity contribution in [3.05, 3.63) is 28.2 Å². The van der Waals surface area contributed by atoms with Crippen LogP contribution in [0.2, 0.25) is 0 Å². The van der Waals surface area contributed by atoms with Gasteiger partial charge in [-0.1, -0.05) is 12.1 Å². The smallest absolute Gasteiger partial charge is 0.347 e. The van der Waals surface area contributed by atoms with Crippen LogP contribution in [-0.4, -0.2) is 18.7 Å². The van der Waals surface area contributed by atoms with Gasteiger partial charge in [-0.15, -0.1) is 0 Å². The van der Waals surface area contributed by atoms with Crippen LogP contribution < -0.4 is 4.74 Å². The molecule has 0 saturated heterocycles. The van der Waals surface area contributed by atoms with Gasteiger partial charge in [-0.05, 0) is 47.3 Å². The van der Waals surface area contributed by atoms with Gasteiger partial charge in [-0.25, -0.2) is 4.79 Å². The van der Waals surface area contributed by atoms with Crippen LogP contribution in [-0.2, 0) is 16.0 Å². The maximum atomic E-state index is 11.6. The summed E-state index contributed by atoms with van der Waals surface area (Å²) in [4.78, 5) is 11.6. The monoisotopic (exact) mass is 284 g/mol. The Labute approximate surface area is 103 Å². The number of hydrogen-bond acceptors (Lipinski definition) is 3. The van der Waals surface area contributed by atoms with Crippen molar-refractivity contribution in [2.75, 3.05) is 6.61 Å². The molecule has 86 valence electrons. The maximum absolute atomic E-state index is 11.6. The molecule has 16 heavy (non-hydrogen) atoms. The van der Waals surface area contributed by atoms with Gasteiger partial charge in [0.1, 0.15) is 5.75 Å². The molecule has 2 rings (SSSR count). The number of carbonyl (C=O) groups is 1. The first kappa shape index (κ1) is 11.5. The highest BCUT2D eigenvalue weighted by Crippen LogP contribution is 2.34. The number of esters is 1. The number of para-hydroxylation sites is 1. The third kappa shape index (κ3) is 2.21. The van der Waals surface area contributed by atoms with Crippen molar-refractivity contribution in [3.63, 3.8) is 0 Å². The van der Waals surface area contributed by atoms with Crippen LogP contribution in [0.3, 0.4) is 0 Å². The summed E-state index contributed by atoms with van der Waals surface area (Å²) < 4.78 is 11.5. The molecular formula is C12H13BrO3. The number of carbonyl (C=O) groups excluding carboxylic acids is 1. The van der Waals surface area contributed by atoms with E-state index in [0.717, 1.165) is 22.2 Å².